The summed E-state index contributed by atoms with van der Waals surface area (Å²) in [5.41, 5.74) is -0.0558. The van der Waals surface area contributed by atoms with Gasteiger partial charge >= 0.3 is 6.18 Å². The summed E-state index contributed by atoms with van der Waals surface area (Å²) < 4.78 is 39.6. The van der Waals surface area contributed by atoms with Gasteiger partial charge in [-0.15, -0.1) is 0 Å². The maximum atomic E-state index is 13.2. The van der Waals surface area contributed by atoms with Crippen molar-refractivity contribution in [3.8, 4) is 11.3 Å². The van der Waals surface area contributed by atoms with Crippen molar-refractivity contribution < 1.29 is 18.0 Å². The fourth-order valence-corrected chi connectivity index (χ4v) is 3.99. The maximum Gasteiger partial charge on any atom is 0.418 e. The predicted molar refractivity (Wildman–Crippen MR) is 95.2 cm³/mol. The quantitative estimate of drug-likeness (QED) is 0.803. The van der Waals surface area contributed by atoms with Crippen molar-refractivity contribution in [1.29, 1.82) is 0 Å². The highest BCUT2D eigenvalue weighted by Gasteiger charge is 2.35. The number of halogens is 3. The van der Waals surface area contributed by atoms with E-state index in [0.717, 1.165) is 32.1 Å². The number of hydrogen-bond acceptors (Lipinski definition) is 3. The standard InChI is InChI=1S/C20H20F3N3O/c21-20(22,23)17-4-1-9-24-18(17)14-5-7-15(8-6-14)19(27)26-12-11-25-10-2-3-16(25)13-26/h1,4-9,16H,2-3,10-13H2/t16-/m0/s1. The molecule has 1 amide bonds. The molecule has 1 aromatic heterocycles. The van der Waals surface area contributed by atoms with Gasteiger partial charge in [-0.05, 0) is 43.7 Å². The number of benzene rings is 1. The van der Waals surface area contributed by atoms with E-state index in [2.05, 4.69) is 9.88 Å². The van der Waals surface area contributed by atoms with E-state index >= 15 is 0 Å². The van der Waals surface area contributed by atoms with Gasteiger partial charge < -0.3 is 4.90 Å². The number of nitrogens with zero attached hydrogens (tertiary/aromatic N) is 3. The average molecular weight is 375 g/mol. The predicted octanol–water partition coefficient (Wildman–Crippen LogP) is 3.69. The molecule has 2 aromatic rings. The Kier molecular flexibility index (Phi) is 4.63. The number of rotatable bonds is 2. The van der Waals surface area contributed by atoms with E-state index < -0.39 is 11.7 Å². The van der Waals surface area contributed by atoms with Crippen LogP contribution in [-0.2, 0) is 6.18 Å². The number of aromatic nitrogens is 1. The van der Waals surface area contributed by atoms with Gasteiger partial charge in [-0.2, -0.15) is 13.2 Å². The number of pyridine rings is 1. The lowest BCUT2D eigenvalue weighted by Crippen LogP contribution is -2.52. The van der Waals surface area contributed by atoms with Gasteiger partial charge in [0.2, 0.25) is 0 Å². The summed E-state index contributed by atoms with van der Waals surface area (Å²) in [7, 11) is 0. The van der Waals surface area contributed by atoms with Gasteiger partial charge in [-0.3, -0.25) is 14.7 Å². The van der Waals surface area contributed by atoms with E-state index in [1.165, 1.54) is 30.8 Å². The molecule has 27 heavy (non-hydrogen) atoms. The number of piperazine rings is 1. The van der Waals surface area contributed by atoms with Crippen LogP contribution in [0.1, 0.15) is 28.8 Å². The number of hydrogen-bond donors (Lipinski definition) is 0. The topological polar surface area (TPSA) is 36.4 Å². The molecule has 0 spiro atoms. The first-order valence-electron chi connectivity index (χ1n) is 9.09. The van der Waals surface area contributed by atoms with E-state index in [9.17, 15) is 18.0 Å². The van der Waals surface area contributed by atoms with E-state index in [-0.39, 0.29) is 11.6 Å². The molecule has 0 radical (unpaired) electrons. The number of fused-ring (bicyclic) bond motifs is 1. The van der Waals surface area contributed by atoms with Gasteiger partial charge in [0.15, 0.2) is 0 Å². The third-order valence-corrected chi connectivity index (χ3v) is 5.39. The smallest absolute Gasteiger partial charge is 0.336 e. The highest BCUT2D eigenvalue weighted by Crippen LogP contribution is 2.35. The zero-order chi connectivity index (χ0) is 19.0. The molecule has 1 atom stereocenters. The Balaban J connectivity index is 1.54. The molecule has 142 valence electrons. The summed E-state index contributed by atoms with van der Waals surface area (Å²) in [6.07, 6.45) is -0.848. The third kappa shape index (κ3) is 3.56. The Morgan fingerprint density at radius 3 is 2.59 bits per heavy atom. The van der Waals surface area contributed by atoms with Crippen LogP contribution in [0, 0.1) is 0 Å². The van der Waals surface area contributed by atoms with Crippen molar-refractivity contribution in [2.24, 2.45) is 0 Å². The fourth-order valence-electron chi connectivity index (χ4n) is 3.99. The zero-order valence-corrected chi connectivity index (χ0v) is 14.7. The minimum absolute atomic E-state index is 0.0647. The summed E-state index contributed by atoms with van der Waals surface area (Å²) >= 11 is 0. The van der Waals surface area contributed by atoms with Crippen LogP contribution in [0.5, 0.6) is 0 Å². The van der Waals surface area contributed by atoms with Crippen LogP contribution in [0.3, 0.4) is 0 Å². The van der Waals surface area contributed by atoms with Crippen LogP contribution < -0.4 is 0 Å². The second kappa shape index (κ2) is 6.96. The Bertz CT molecular complexity index is 835. The molecule has 3 heterocycles. The Labute approximate surface area is 155 Å². The van der Waals surface area contributed by atoms with Crippen molar-refractivity contribution in [1.82, 2.24) is 14.8 Å². The molecule has 0 N–H and O–H groups in total. The molecule has 2 saturated heterocycles. The van der Waals surface area contributed by atoms with Crippen molar-refractivity contribution in [2.75, 3.05) is 26.2 Å². The van der Waals surface area contributed by atoms with Gasteiger partial charge in [0, 0.05) is 43.0 Å². The van der Waals surface area contributed by atoms with Crippen LogP contribution in [-0.4, -0.2) is 52.9 Å². The summed E-state index contributed by atoms with van der Waals surface area (Å²) in [4.78, 5) is 20.9. The van der Waals surface area contributed by atoms with Crippen molar-refractivity contribution in [2.45, 2.75) is 25.1 Å². The van der Waals surface area contributed by atoms with Gasteiger partial charge in [0.25, 0.3) is 5.91 Å². The molecule has 0 aliphatic carbocycles. The molecular formula is C20H20F3N3O. The van der Waals surface area contributed by atoms with Gasteiger partial charge in [0.05, 0.1) is 11.3 Å². The SMILES string of the molecule is O=C(c1ccc(-c2ncccc2C(F)(F)F)cc1)N1CCN2CCC[C@H]2C1. The van der Waals surface area contributed by atoms with E-state index in [4.69, 9.17) is 0 Å². The lowest BCUT2D eigenvalue weighted by Gasteiger charge is -2.37. The van der Waals surface area contributed by atoms with Gasteiger partial charge in [0.1, 0.15) is 0 Å². The first-order chi connectivity index (χ1) is 12.9. The first kappa shape index (κ1) is 18.0. The maximum absolute atomic E-state index is 13.2. The monoisotopic (exact) mass is 375 g/mol. The van der Waals surface area contributed by atoms with E-state index in [0.29, 0.717) is 23.7 Å². The largest absolute Gasteiger partial charge is 0.418 e. The fraction of sp³-hybridized carbons (Fsp3) is 0.400. The molecular weight excluding hydrogens is 355 g/mol. The van der Waals surface area contributed by atoms with Gasteiger partial charge in [-0.25, -0.2) is 0 Å². The molecule has 0 bridgehead atoms. The first-order valence-corrected chi connectivity index (χ1v) is 9.09. The molecule has 0 unspecified atom stereocenters. The lowest BCUT2D eigenvalue weighted by atomic mass is 10.0. The lowest BCUT2D eigenvalue weighted by molar-refractivity contribution is -0.137. The second-order valence-electron chi connectivity index (χ2n) is 7.06. The normalized spacial score (nSPS) is 20.6. The Morgan fingerprint density at radius 1 is 1.07 bits per heavy atom. The average Bonchev–Trinajstić information content (AvgIpc) is 3.15. The second-order valence-corrected chi connectivity index (χ2v) is 7.06. The number of alkyl halides is 3. The zero-order valence-electron chi connectivity index (χ0n) is 14.7. The van der Waals surface area contributed by atoms with E-state index in [1.807, 2.05) is 4.90 Å². The molecule has 0 saturated carbocycles. The molecule has 4 nitrogen and oxygen atoms in total. The summed E-state index contributed by atoms with van der Waals surface area (Å²) in [5, 5.41) is 0. The highest BCUT2D eigenvalue weighted by atomic mass is 19.4. The highest BCUT2D eigenvalue weighted by molar-refractivity contribution is 5.94. The Morgan fingerprint density at radius 2 is 1.85 bits per heavy atom. The Hall–Kier alpha value is -2.41. The summed E-state index contributed by atoms with van der Waals surface area (Å²) in [6, 6.07) is 8.98. The molecule has 2 fully saturated rings. The molecule has 2 aliphatic heterocycles. The van der Waals surface area contributed by atoms with Crippen LogP contribution in [0.2, 0.25) is 0 Å². The van der Waals surface area contributed by atoms with Gasteiger partial charge in [-0.1, -0.05) is 12.1 Å². The minimum Gasteiger partial charge on any atom is -0.336 e. The van der Waals surface area contributed by atoms with Crippen LogP contribution >= 0.6 is 0 Å². The van der Waals surface area contributed by atoms with Crippen molar-refractivity contribution in [3.05, 3.63) is 53.7 Å². The van der Waals surface area contributed by atoms with E-state index in [1.54, 1.807) is 12.1 Å². The summed E-state index contributed by atoms with van der Waals surface area (Å²) in [5.74, 6) is -0.0647. The number of amides is 1. The van der Waals surface area contributed by atoms with Crippen LogP contribution in [0.25, 0.3) is 11.3 Å². The van der Waals surface area contributed by atoms with Crippen molar-refractivity contribution in [3.63, 3.8) is 0 Å². The minimum atomic E-state index is -4.47. The molecule has 7 heteroatoms. The molecule has 1 aromatic carbocycles. The summed E-state index contributed by atoms with van der Waals surface area (Å²) in [6.45, 7) is 3.40. The molecule has 2 aliphatic rings. The number of carbonyl (C=O) groups excluding carboxylic acids is 1. The van der Waals surface area contributed by atoms with Crippen LogP contribution in [0.4, 0.5) is 13.2 Å². The number of carbonyl (C=O) groups is 1. The van der Waals surface area contributed by atoms with Crippen LogP contribution in [0.15, 0.2) is 42.6 Å². The van der Waals surface area contributed by atoms with Crippen molar-refractivity contribution >= 4 is 5.91 Å². The molecule has 4 rings (SSSR count). The third-order valence-electron chi connectivity index (χ3n) is 5.39.